The highest BCUT2D eigenvalue weighted by atomic mass is 16.5. The van der Waals surface area contributed by atoms with Crippen LogP contribution in [0.25, 0.3) is 0 Å². The molecule has 0 amide bonds. The summed E-state index contributed by atoms with van der Waals surface area (Å²) >= 11 is 0. The average molecular weight is 235 g/mol. The second-order valence-corrected chi connectivity index (χ2v) is 4.89. The van der Waals surface area contributed by atoms with Gasteiger partial charge in [-0.05, 0) is 50.3 Å². The number of hydrogen-bond donors (Lipinski definition) is 2. The molecule has 0 fully saturated rings. The molecule has 0 aliphatic heterocycles. The summed E-state index contributed by atoms with van der Waals surface area (Å²) in [4.78, 5) is 0. The molecule has 3 unspecified atom stereocenters. The summed E-state index contributed by atoms with van der Waals surface area (Å²) in [6.45, 7) is 3.62. The summed E-state index contributed by atoms with van der Waals surface area (Å²) in [6, 6.07) is 6.16. The van der Waals surface area contributed by atoms with Crippen LogP contribution in [-0.4, -0.2) is 17.3 Å². The molecule has 17 heavy (non-hydrogen) atoms. The van der Waals surface area contributed by atoms with Crippen molar-refractivity contribution in [1.29, 1.82) is 0 Å². The Kier molecular flexibility index (Phi) is 3.69. The third-order valence-electron chi connectivity index (χ3n) is 3.50. The second-order valence-electron chi connectivity index (χ2n) is 4.89. The van der Waals surface area contributed by atoms with Crippen LogP contribution in [0.15, 0.2) is 18.2 Å². The lowest BCUT2D eigenvalue weighted by Gasteiger charge is -2.26. The largest absolute Gasteiger partial charge is 0.488 e. The third-order valence-corrected chi connectivity index (χ3v) is 3.50. The molecule has 3 atom stereocenters. The molecule has 3 nitrogen and oxygen atoms in total. The molecule has 1 aromatic rings. The number of aliphatic hydroxyl groups is 1. The van der Waals surface area contributed by atoms with Gasteiger partial charge in [0.15, 0.2) is 0 Å². The molecule has 1 aromatic carbocycles. The summed E-state index contributed by atoms with van der Waals surface area (Å²) in [7, 11) is 0. The minimum atomic E-state index is -0.469. The molecule has 3 N–H and O–H groups in total. The van der Waals surface area contributed by atoms with Crippen LogP contribution in [0.4, 0.5) is 0 Å². The zero-order valence-corrected chi connectivity index (χ0v) is 10.5. The molecule has 0 saturated carbocycles. The van der Waals surface area contributed by atoms with E-state index in [1.807, 2.05) is 19.1 Å². The second kappa shape index (κ2) is 5.07. The quantitative estimate of drug-likeness (QED) is 0.844. The Morgan fingerprint density at radius 3 is 2.88 bits per heavy atom. The first kappa shape index (κ1) is 12.4. The molecule has 0 bridgehead atoms. The number of aliphatic hydroxyl groups excluding tert-OH is 1. The van der Waals surface area contributed by atoms with E-state index in [1.165, 1.54) is 11.1 Å². The van der Waals surface area contributed by atoms with Crippen LogP contribution >= 0.6 is 0 Å². The van der Waals surface area contributed by atoms with Crippen molar-refractivity contribution in [1.82, 2.24) is 0 Å². The van der Waals surface area contributed by atoms with Gasteiger partial charge in [0.2, 0.25) is 0 Å². The van der Waals surface area contributed by atoms with Crippen LogP contribution < -0.4 is 10.5 Å². The Bertz CT molecular complexity index is 390. The Morgan fingerprint density at radius 2 is 2.18 bits per heavy atom. The van der Waals surface area contributed by atoms with E-state index >= 15 is 0 Å². The van der Waals surface area contributed by atoms with Gasteiger partial charge < -0.3 is 15.6 Å². The van der Waals surface area contributed by atoms with Gasteiger partial charge >= 0.3 is 0 Å². The lowest BCUT2D eigenvalue weighted by molar-refractivity contribution is 0.0596. The maximum atomic E-state index is 9.49. The molecule has 2 rings (SSSR count). The zero-order valence-electron chi connectivity index (χ0n) is 10.5. The first-order valence-electron chi connectivity index (χ1n) is 6.31. The lowest BCUT2D eigenvalue weighted by atomic mass is 9.87. The van der Waals surface area contributed by atoms with E-state index in [2.05, 4.69) is 6.07 Å². The van der Waals surface area contributed by atoms with E-state index in [0.29, 0.717) is 0 Å². The van der Waals surface area contributed by atoms with Crippen LogP contribution in [0.5, 0.6) is 5.75 Å². The van der Waals surface area contributed by atoms with Crippen molar-refractivity contribution in [2.24, 2.45) is 5.73 Å². The van der Waals surface area contributed by atoms with Gasteiger partial charge in [-0.15, -0.1) is 0 Å². The van der Waals surface area contributed by atoms with Crippen molar-refractivity contribution >= 4 is 0 Å². The van der Waals surface area contributed by atoms with E-state index in [-0.39, 0.29) is 12.1 Å². The normalized spacial score (nSPS) is 22.7. The lowest BCUT2D eigenvalue weighted by Crippen LogP contribution is -2.27. The van der Waals surface area contributed by atoms with Crippen LogP contribution in [-0.2, 0) is 6.42 Å². The van der Waals surface area contributed by atoms with E-state index in [9.17, 15) is 5.11 Å². The fourth-order valence-corrected chi connectivity index (χ4v) is 2.26. The van der Waals surface area contributed by atoms with Gasteiger partial charge in [0.1, 0.15) is 11.9 Å². The van der Waals surface area contributed by atoms with Crippen molar-refractivity contribution in [2.75, 3.05) is 0 Å². The van der Waals surface area contributed by atoms with Gasteiger partial charge in [-0.1, -0.05) is 12.1 Å². The first-order valence-corrected chi connectivity index (χ1v) is 6.31. The Hall–Kier alpha value is -1.06. The van der Waals surface area contributed by atoms with Gasteiger partial charge in [-0.25, -0.2) is 0 Å². The number of hydrogen-bond acceptors (Lipinski definition) is 3. The Morgan fingerprint density at radius 1 is 1.41 bits per heavy atom. The number of rotatable bonds is 3. The third kappa shape index (κ3) is 2.61. The van der Waals surface area contributed by atoms with Gasteiger partial charge in [0, 0.05) is 6.04 Å². The first-order chi connectivity index (χ1) is 8.09. The van der Waals surface area contributed by atoms with E-state index in [4.69, 9.17) is 10.5 Å². The Labute approximate surface area is 103 Å². The standard InChI is InChI=1S/C14H21NO2/c1-9(16)10(2)17-14-8-4-5-11-12(14)6-3-7-13(11)15/h4-5,8-10,13,16H,3,6-7,15H2,1-2H3. The number of benzene rings is 1. The monoisotopic (exact) mass is 235 g/mol. The molecule has 0 spiro atoms. The van der Waals surface area contributed by atoms with Crippen molar-refractivity contribution < 1.29 is 9.84 Å². The maximum Gasteiger partial charge on any atom is 0.123 e. The fourth-order valence-electron chi connectivity index (χ4n) is 2.26. The minimum absolute atomic E-state index is 0.129. The van der Waals surface area contributed by atoms with Crippen LogP contribution in [0.2, 0.25) is 0 Å². The summed E-state index contributed by atoms with van der Waals surface area (Å²) in [6.07, 6.45) is 2.51. The Balaban J connectivity index is 2.26. The number of ether oxygens (including phenoxy) is 1. The fraction of sp³-hybridized carbons (Fsp3) is 0.571. The molecular weight excluding hydrogens is 214 g/mol. The highest BCUT2D eigenvalue weighted by Gasteiger charge is 2.21. The zero-order chi connectivity index (χ0) is 12.4. The summed E-state index contributed by atoms with van der Waals surface area (Å²) in [5.41, 5.74) is 8.52. The summed E-state index contributed by atoms with van der Waals surface area (Å²) in [5.74, 6) is 0.881. The van der Waals surface area contributed by atoms with E-state index in [1.54, 1.807) is 6.92 Å². The molecule has 3 heteroatoms. The predicted molar refractivity (Wildman–Crippen MR) is 68.1 cm³/mol. The van der Waals surface area contributed by atoms with Crippen molar-refractivity contribution in [3.63, 3.8) is 0 Å². The van der Waals surface area contributed by atoms with Gasteiger partial charge in [0.25, 0.3) is 0 Å². The topological polar surface area (TPSA) is 55.5 Å². The van der Waals surface area contributed by atoms with Gasteiger partial charge in [-0.2, -0.15) is 0 Å². The maximum absolute atomic E-state index is 9.49. The minimum Gasteiger partial charge on any atom is -0.488 e. The van der Waals surface area contributed by atoms with Crippen LogP contribution in [0.1, 0.15) is 43.9 Å². The summed E-state index contributed by atoms with van der Waals surface area (Å²) in [5, 5.41) is 9.49. The van der Waals surface area contributed by atoms with Crippen molar-refractivity contribution in [3.05, 3.63) is 29.3 Å². The molecule has 0 heterocycles. The SMILES string of the molecule is CC(O)C(C)Oc1cccc2c1CCCC2N. The van der Waals surface area contributed by atoms with Gasteiger partial charge in [-0.3, -0.25) is 0 Å². The number of nitrogens with two attached hydrogens (primary N) is 1. The van der Waals surface area contributed by atoms with Crippen molar-refractivity contribution in [3.8, 4) is 5.75 Å². The molecule has 1 aliphatic carbocycles. The molecule has 0 aromatic heterocycles. The van der Waals surface area contributed by atoms with E-state index in [0.717, 1.165) is 25.0 Å². The van der Waals surface area contributed by atoms with Crippen molar-refractivity contribution in [2.45, 2.75) is 51.4 Å². The average Bonchev–Trinajstić information content (AvgIpc) is 2.30. The summed E-state index contributed by atoms with van der Waals surface area (Å²) < 4.78 is 5.82. The smallest absolute Gasteiger partial charge is 0.123 e. The van der Waals surface area contributed by atoms with Gasteiger partial charge in [0.05, 0.1) is 6.10 Å². The van der Waals surface area contributed by atoms with E-state index < -0.39 is 6.10 Å². The molecular formula is C14H21NO2. The highest BCUT2D eigenvalue weighted by molar-refractivity contribution is 5.43. The van der Waals surface area contributed by atoms with Crippen LogP contribution in [0.3, 0.4) is 0 Å². The van der Waals surface area contributed by atoms with Crippen LogP contribution in [0, 0.1) is 0 Å². The molecule has 94 valence electrons. The molecule has 1 aliphatic rings. The number of fused-ring (bicyclic) bond motifs is 1. The molecule has 0 saturated heterocycles. The highest BCUT2D eigenvalue weighted by Crippen LogP contribution is 2.34. The predicted octanol–water partition coefficient (Wildman–Crippen LogP) is 2.17. The molecule has 0 radical (unpaired) electrons.